The molecule has 3 aromatic rings. The third-order valence-corrected chi connectivity index (χ3v) is 5.73. The van der Waals surface area contributed by atoms with E-state index in [2.05, 4.69) is 37.6 Å². The Morgan fingerprint density at radius 1 is 1.29 bits per heavy atom. The number of ether oxygens (including phenoxy) is 2. The van der Waals surface area contributed by atoms with Gasteiger partial charge in [0.25, 0.3) is 5.91 Å². The average Bonchev–Trinajstić information content (AvgIpc) is 3.23. The number of hydrogen-bond acceptors (Lipinski definition) is 8. The lowest BCUT2D eigenvalue weighted by Crippen LogP contribution is -2.42. The van der Waals surface area contributed by atoms with Crippen LogP contribution < -0.4 is 15.4 Å². The van der Waals surface area contributed by atoms with Crippen molar-refractivity contribution in [3.63, 3.8) is 0 Å². The van der Waals surface area contributed by atoms with Gasteiger partial charge in [-0.25, -0.2) is 4.98 Å². The number of benzene rings is 1. The number of amides is 1. The van der Waals surface area contributed by atoms with Gasteiger partial charge in [0.2, 0.25) is 11.8 Å². The summed E-state index contributed by atoms with van der Waals surface area (Å²) in [5, 5.41) is 10.8. The van der Waals surface area contributed by atoms with Crippen molar-refractivity contribution in [1.82, 2.24) is 24.6 Å². The maximum absolute atomic E-state index is 12.9. The number of anilines is 3. The highest BCUT2D eigenvalue weighted by atomic mass is 35.5. The van der Waals surface area contributed by atoms with Gasteiger partial charge in [0, 0.05) is 25.5 Å². The molecule has 1 aliphatic rings. The first-order valence-electron chi connectivity index (χ1n) is 10.8. The number of aromatic nitrogens is 4. The highest BCUT2D eigenvalue weighted by Gasteiger charge is 2.20. The van der Waals surface area contributed by atoms with Crippen molar-refractivity contribution in [2.45, 2.75) is 19.6 Å². The van der Waals surface area contributed by atoms with Crippen LogP contribution in [0.1, 0.15) is 17.3 Å². The molecule has 34 heavy (non-hydrogen) atoms. The monoisotopic (exact) mass is 505 g/mol. The third-order valence-electron chi connectivity index (χ3n) is 5.10. The Hall–Kier alpha value is -2.92. The summed E-state index contributed by atoms with van der Waals surface area (Å²) >= 11 is 12.3. The Morgan fingerprint density at radius 3 is 2.82 bits per heavy atom. The minimum Gasteiger partial charge on any atom is -0.477 e. The number of halogens is 2. The van der Waals surface area contributed by atoms with Gasteiger partial charge in [-0.1, -0.05) is 29.3 Å². The van der Waals surface area contributed by atoms with Gasteiger partial charge >= 0.3 is 0 Å². The van der Waals surface area contributed by atoms with Crippen LogP contribution in [0.3, 0.4) is 0 Å². The molecule has 1 saturated heterocycles. The number of para-hydroxylation sites is 1. The van der Waals surface area contributed by atoms with Gasteiger partial charge in [0.05, 0.1) is 53.5 Å². The Morgan fingerprint density at radius 2 is 2.09 bits per heavy atom. The topological polar surface area (TPSA) is 106 Å². The molecular weight excluding hydrogens is 481 g/mol. The summed E-state index contributed by atoms with van der Waals surface area (Å²) in [6, 6.07) is 4.96. The zero-order chi connectivity index (χ0) is 24.1. The standard InChI is InChI=1S/C22H25Cl2N7O3/c1-3-33-21-16(20(32)28-19-17(23)5-4-6-18(19)24)10-25-22(29-21)27-14-9-26-31(11-14)13-15-12-30(2)7-8-34-15/h4-6,9-11,15H,3,7-8,12-13H2,1-2H3,(H,28,32)(H,25,27,29)/t15-/m0/s1. The predicted octanol–water partition coefficient (Wildman–Crippen LogP) is 3.71. The molecule has 180 valence electrons. The lowest BCUT2D eigenvalue weighted by molar-refractivity contribution is -0.0290. The lowest BCUT2D eigenvalue weighted by Gasteiger charge is -2.29. The maximum atomic E-state index is 12.9. The maximum Gasteiger partial charge on any atom is 0.262 e. The SMILES string of the molecule is CCOc1nc(Nc2cnn(C[C@@H]3CN(C)CCO3)c2)ncc1C(=O)Nc1c(Cl)cccc1Cl. The van der Waals surface area contributed by atoms with Gasteiger partial charge in [0.1, 0.15) is 5.56 Å². The first kappa shape index (κ1) is 24.2. The second-order valence-electron chi connectivity index (χ2n) is 7.73. The Bertz CT molecular complexity index is 1140. The number of hydrogen-bond donors (Lipinski definition) is 2. The highest BCUT2D eigenvalue weighted by molar-refractivity contribution is 6.40. The van der Waals surface area contributed by atoms with E-state index in [0.717, 1.165) is 13.1 Å². The van der Waals surface area contributed by atoms with E-state index in [9.17, 15) is 4.79 Å². The molecule has 10 nitrogen and oxygen atoms in total. The largest absolute Gasteiger partial charge is 0.477 e. The normalized spacial score (nSPS) is 16.3. The molecule has 0 spiro atoms. The Kier molecular flexibility index (Phi) is 7.84. The summed E-state index contributed by atoms with van der Waals surface area (Å²) in [5.41, 5.74) is 1.16. The molecular formula is C22H25Cl2N7O3. The van der Waals surface area contributed by atoms with Gasteiger partial charge in [-0.05, 0) is 26.1 Å². The van der Waals surface area contributed by atoms with Crippen LogP contribution in [0.25, 0.3) is 0 Å². The molecule has 1 aliphatic heterocycles. The molecule has 12 heteroatoms. The number of rotatable bonds is 8. The molecule has 0 bridgehead atoms. The molecule has 1 fully saturated rings. The Balaban J connectivity index is 1.46. The van der Waals surface area contributed by atoms with Crippen LogP contribution in [0.4, 0.5) is 17.3 Å². The van der Waals surface area contributed by atoms with Gasteiger partial charge in [-0.2, -0.15) is 10.1 Å². The van der Waals surface area contributed by atoms with Gasteiger partial charge in [-0.3, -0.25) is 9.48 Å². The predicted molar refractivity (Wildman–Crippen MR) is 130 cm³/mol. The second-order valence-corrected chi connectivity index (χ2v) is 8.54. The van der Waals surface area contributed by atoms with Crippen LogP contribution in [0, 0.1) is 0 Å². The van der Waals surface area contributed by atoms with E-state index >= 15 is 0 Å². The molecule has 1 atom stereocenters. The minimum absolute atomic E-state index is 0.0803. The number of nitrogens with one attached hydrogen (secondary N) is 2. The number of nitrogens with zero attached hydrogens (tertiary/aromatic N) is 5. The van der Waals surface area contributed by atoms with Crippen LogP contribution in [0.5, 0.6) is 5.88 Å². The number of likely N-dealkylation sites (N-methyl/N-ethyl adjacent to an activating group) is 1. The van der Waals surface area contributed by atoms with Gasteiger partial charge < -0.3 is 25.0 Å². The quantitative estimate of drug-likeness (QED) is 0.477. The van der Waals surface area contributed by atoms with E-state index in [4.69, 9.17) is 32.7 Å². The zero-order valence-corrected chi connectivity index (χ0v) is 20.3. The van der Waals surface area contributed by atoms with Crippen LogP contribution >= 0.6 is 23.2 Å². The fourth-order valence-corrected chi connectivity index (χ4v) is 3.96. The van der Waals surface area contributed by atoms with E-state index in [1.807, 2.05) is 10.9 Å². The van der Waals surface area contributed by atoms with E-state index < -0.39 is 5.91 Å². The molecule has 3 heterocycles. The molecule has 0 aliphatic carbocycles. The lowest BCUT2D eigenvalue weighted by atomic mass is 10.2. The fraction of sp³-hybridized carbons (Fsp3) is 0.364. The molecule has 2 N–H and O–H groups in total. The van der Waals surface area contributed by atoms with Gasteiger partial charge in [0.15, 0.2) is 0 Å². The number of morpholine rings is 1. The van der Waals surface area contributed by atoms with Gasteiger partial charge in [-0.15, -0.1) is 0 Å². The highest BCUT2D eigenvalue weighted by Crippen LogP contribution is 2.31. The smallest absolute Gasteiger partial charge is 0.262 e. The summed E-state index contributed by atoms with van der Waals surface area (Å²) in [6.45, 7) is 5.26. The van der Waals surface area contributed by atoms with E-state index in [-0.39, 0.29) is 23.5 Å². The van der Waals surface area contributed by atoms with Crippen molar-refractivity contribution in [2.75, 3.05) is 44.0 Å². The molecule has 1 aromatic carbocycles. The summed E-state index contributed by atoms with van der Waals surface area (Å²) in [6.07, 6.45) is 4.99. The summed E-state index contributed by atoms with van der Waals surface area (Å²) in [4.78, 5) is 23.7. The van der Waals surface area contributed by atoms with Crippen molar-refractivity contribution >= 4 is 46.4 Å². The van der Waals surface area contributed by atoms with Crippen LogP contribution in [-0.4, -0.2) is 70.0 Å². The summed E-state index contributed by atoms with van der Waals surface area (Å²) < 4.78 is 13.2. The van der Waals surface area contributed by atoms with Crippen molar-refractivity contribution in [2.24, 2.45) is 0 Å². The van der Waals surface area contributed by atoms with Crippen LogP contribution in [0.2, 0.25) is 10.0 Å². The average molecular weight is 506 g/mol. The first-order chi connectivity index (χ1) is 16.4. The molecule has 1 amide bonds. The summed E-state index contributed by atoms with van der Waals surface area (Å²) in [5.74, 6) is -0.0917. The van der Waals surface area contributed by atoms with E-state index in [1.54, 1.807) is 31.3 Å². The summed E-state index contributed by atoms with van der Waals surface area (Å²) in [7, 11) is 2.08. The number of carbonyl (C=O) groups is 1. The molecule has 2 aromatic heterocycles. The van der Waals surface area contributed by atoms with Crippen molar-refractivity contribution in [1.29, 1.82) is 0 Å². The van der Waals surface area contributed by atoms with E-state index in [0.29, 0.717) is 41.2 Å². The Labute approximate surface area is 207 Å². The first-order valence-corrected chi connectivity index (χ1v) is 11.5. The fourth-order valence-electron chi connectivity index (χ4n) is 3.47. The van der Waals surface area contributed by atoms with Crippen molar-refractivity contribution < 1.29 is 14.3 Å². The molecule has 0 unspecified atom stereocenters. The van der Waals surface area contributed by atoms with Crippen LogP contribution in [0.15, 0.2) is 36.8 Å². The van der Waals surface area contributed by atoms with Crippen molar-refractivity contribution in [3.8, 4) is 5.88 Å². The zero-order valence-electron chi connectivity index (χ0n) is 18.8. The van der Waals surface area contributed by atoms with Crippen LogP contribution in [-0.2, 0) is 11.3 Å². The minimum atomic E-state index is -0.490. The molecule has 4 rings (SSSR count). The second kappa shape index (κ2) is 11.0. The van der Waals surface area contributed by atoms with E-state index in [1.165, 1.54) is 6.20 Å². The number of carbonyl (C=O) groups excluding carboxylic acids is 1. The van der Waals surface area contributed by atoms with Crippen molar-refractivity contribution in [3.05, 3.63) is 52.4 Å². The molecule has 0 saturated carbocycles. The third kappa shape index (κ3) is 5.95. The molecule has 0 radical (unpaired) electrons.